The summed E-state index contributed by atoms with van der Waals surface area (Å²) in [5.41, 5.74) is 2.45. The molecule has 5 rings (SSSR count). The lowest BCUT2D eigenvalue weighted by Gasteiger charge is -2.23. The molecule has 0 saturated heterocycles. The first-order valence-electron chi connectivity index (χ1n) is 11.4. The van der Waals surface area contributed by atoms with Crippen molar-refractivity contribution in [3.05, 3.63) is 94.3 Å². The van der Waals surface area contributed by atoms with Crippen LogP contribution in [-0.2, 0) is 13.1 Å². The number of fused-ring (bicyclic) bond motifs is 2. The highest BCUT2D eigenvalue weighted by Crippen LogP contribution is 2.33. The fraction of sp³-hybridized carbons (Fsp3) is 0.185. The number of ether oxygens (including phenoxy) is 3. The van der Waals surface area contributed by atoms with E-state index < -0.39 is 0 Å². The van der Waals surface area contributed by atoms with E-state index in [2.05, 4.69) is 10.3 Å². The number of anilines is 1. The zero-order chi connectivity index (χ0) is 24.2. The van der Waals surface area contributed by atoms with Crippen molar-refractivity contribution < 1.29 is 19.0 Å². The Morgan fingerprint density at radius 1 is 1.00 bits per heavy atom. The summed E-state index contributed by atoms with van der Waals surface area (Å²) in [5.74, 6) is 2.03. The average Bonchev–Trinajstić information content (AvgIpc) is 3.33. The number of urea groups is 1. The molecule has 0 atom stereocenters. The van der Waals surface area contributed by atoms with Crippen LogP contribution in [0.2, 0.25) is 0 Å². The molecule has 1 aromatic heterocycles. The SMILES string of the molecule is CCOc1ccc2[nH]c(=O)c(CN(Cc3ccc4c(c3)OCO4)C(=O)Nc3ccccc3)cc2c1. The lowest BCUT2D eigenvalue weighted by atomic mass is 10.1. The summed E-state index contributed by atoms with van der Waals surface area (Å²) in [6, 6.07) is 21.8. The summed E-state index contributed by atoms with van der Waals surface area (Å²) >= 11 is 0. The molecule has 4 aromatic rings. The minimum absolute atomic E-state index is 0.108. The minimum atomic E-state index is -0.323. The van der Waals surface area contributed by atoms with Crippen molar-refractivity contribution in [3.8, 4) is 17.2 Å². The van der Waals surface area contributed by atoms with Gasteiger partial charge in [-0.2, -0.15) is 0 Å². The van der Waals surface area contributed by atoms with Gasteiger partial charge < -0.3 is 29.4 Å². The van der Waals surface area contributed by atoms with Crippen LogP contribution >= 0.6 is 0 Å². The number of nitrogens with one attached hydrogen (secondary N) is 2. The highest BCUT2D eigenvalue weighted by atomic mass is 16.7. The number of nitrogens with zero attached hydrogens (tertiary/aromatic N) is 1. The van der Waals surface area contributed by atoms with Crippen LogP contribution < -0.4 is 25.1 Å². The summed E-state index contributed by atoms with van der Waals surface area (Å²) in [6.45, 7) is 3.02. The Morgan fingerprint density at radius 3 is 2.66 bits per heavy atom. The number of carbonyl (C=O) groups excluding carboxylic acids is 1. The van der Waals surface area contributed by atoms with Crippen LogP contribution in [0.3, 0.4) is 0 Å². The summed E-state index contributed by atoms with van der Waals surface area (Å²) in [5, 5.41) is 3.75. The second-order valence-electron chi connectivity index (χ2n) is 8.15. The number of benzene rings is 3. The quantitative estimate of drug-likeness (QED) is 0.400. The molecule has 0 aliphatic carbocycles. The average molecular weight is 472 g/mol. The Balaban J connectivity index is 1.46. The first kappa shape index (κ1) is 22.3. The van der Waals surface area contributed by atoms with E-state index in [0.29, 0.717) is 34.9 Å². The first-order valence-corrected chi connectivity index (χ1v) is 11.4. The number of carbonyl (C=O) groups is 1. The third-order valence-electron chi connectivity index (χ3n) is 5.69. The van der Waals surface area contributed by atoms with Crippen molar-refractivity contribution in [2.45, 2.75) is 20.0 Å². The standard InChI is InChI=1S/C27H25N3O5/c1-2-33-22-9-10-23-19(14-22)13-20(26(31)29-23)16-30(27(32)28-21-6-4-3-5-7-21)15-18-8-11-24-25(12-18)35-17-34-24/h3-14H,2,15-17H2,1H3,(H,28,32)(H,29,31). The van der Waals surface area contributed by atoms with Crippen LogP contribution in [0.4, 0.5) is 10.5 Å². The smallest absolute Gasteiger partial charge is 0.322 e. The van der Waals surface area contributed by atoms with Crippen molar-refractivity contribution in [1.29, 1.82) is 0 Å². The molecule has 2 amide bonds. The second kappa shape index (κ2) is 9.80. The molecule has 0 bridgehead atoms. The van der Waals surface area contributed by atoms with Crippen LogP contribution in [0.1, 0.15) is 18.1 Å². The monoisotopic (exact) mass is 471 g/mol. The molecule has 2 heterocycles. The van der Waals surface area contributed by atoms with Crippen molar-refractivity contribution in [2.75, 3.05) is 18.7 Å². The van der Waals surface area contributed by atoms with Gasteiger partial charge in [0, 0.05) is 28.7 Å². The molecular formula is C27H25N3O5. The number of rotatable bonds is 7. The first-order chi connectivity index (χ1) is 17.1. The Hall–Kier alpha value is -4.46. The van der Waals surface area contributed by atoms with E-state index in [9.17, 15) is 9.59 Å². The number of H-pyrrole nitrogens is 1. The molecule has 8 heteroatoms. The van der Waals surface area contributed by atoms with E-state index in [1.807, 2.05) is 73.7 Å². The molecule has 0 spiro atoms. The van der Waals surface area contributed by atoms with Gasteiger partial charge in [0.05, 0.1) is 13.2 Å². The minimum Gasteiger partial charge on any atom is -0.494 e. The molecule has 3 aromatic carbocycles. The van der Waals surface area contributed by atoms with Crippen LogP contribution in [0, 0.1) is 0 Å². The second-order valence-corrected chi connectivity index (χ2v) is 8.15. The highest BCUT2D eigenvalue weighted by Gasteiger charge is 2.20. The van der Waals surface area contributed by atoms with Gasteiger partial charge >= 0.3 is 6.03 Å². The van der Waals surface area contributed by atoms with Gasteiger partial charge in [-0.15, -0.1) is 0 Å². The predicted octanol–water partition coefficient (Wildman–Crippen LogP) is 4.89. The molecule has 0 fully saturated rings. The molecule has 0 radical (unpaired) electrons. The van der Waals surface area contributed by atoms with Gasteiger partial charge in [0.2, 0.25) is 6.79 Å². The van der Waals surface area contributed by atoms with E-state index >= 15 is 0 Å². The maximum atomic E-state index is 13.3. The van der Waals surface area contributed by atoms with Crippen LogP contribution in [0.25, 0.3) is 10.9 Å². The molecule has 0 unspecified atom stereocenters. The number of aromatic nitrogens is 1. The molecule has 35 heavy (non-hydrogen) atoms. The van der Waals surface area contributed by atoms with Gasteiger partial charge in [-0.3, -0.25) is 4.79 Å². The fourth-order valence-corrected chi connectivity index (χ4v) is 3.99. The van der Waals surface area contributed by atoms with Crippen molar-refractivity contribution >= 4 is 22.6 Å². The molecule has 178 valence electrons. The lowest BCUT2D eigenvalue weighted by Crippen LogP contribution is -2.35. The van der Waals surface area contributed by atoms with E-state index in [1.165, 1.54) is 0 Å². The highest BCUT2D eigenvalue weighted by molar-refractivity contribution is 5.89. The number of pyridine rings is 1. The van der Waals surface area contributed by atoms with Gasteiger partial charge in [0.25, 0.3) is 5.56 Å². The Bertz CT molecular complexity index is 1420. The summed E-state index contributed by atoms with van der Waals surface area (Å²) in [4.78, 5) is 30.7. The van der Waals surface area contributed by atoms with Crippen LogP contribution in [0.15, 0.2) is 77.6 Å². The molecule has 1 aliphatic heterocycles. The van der Waals surface area contributed by atoms with Crippen molar-refractivity contribution in [3.63, 3.8) is 0 Å². The largest absolute Gasteiger partial charge is 0.494 e. The third kappa shape index (κ3) is 5.06. The number of amides is 2. The van der Waals surface area contributed by atoms with Crippen LogP contribution in [0.5, 0.6) is 17.2 Å². The molecule has 2 N–H and O–H groups in total. The maximum absolute atomic E-state index is 13.3. The zero-order valence-electron chi connectivity index (χ0n) is 19.2. The van der Waals surface area contributed by atoms with Gasteiger partial charge in [-0.05, 0) is 61.0 Å². The topological polar surface area (TPSA) is 92.9 Å². The van der Waals surface area contributed by atoms with Gasteiger partial charge in [-0.1, -0.05) is 24.3 Å². The van der Waals surface area contributed by atoms with Gasteiger partial charge in [0.15, 0.2) is 11.5 Å². The fourth-order valence-electron chi connectivity index (χ4n) is 3.99. The number of aromatic amines is 1. The zero-order valence-corrected chi connectivity index (χ0v) is 19.2. The molecule has 8 nitrogen and oxygen atoms in total. The Kier molecular flexibility index (Phi) is 6.26. The number of hydrogen-bond acceptors (Lipinski definition) is 5. The Labute approximate surface area is 202 Å². The summed E-state index contributed by atoms with van der Waals surface area (Å²) in [7, 11) is 0. The van der Waals surface area contributed by atoms with E-state index in [-0.39, 0.29) is 31.5 Å². The Morgan fingerprint density at radius 2 is 1.83 bits per heavy atom. The lowest BCUT2D eigenvalue weighted by molar-refractivity contribution is 0.174. The molecule has 1 aliphatic rings. The maximum Gasteiger partial charge on any atom is 0.322 e. The summed E-state index contributed by atoms with van der Waals surface area (Å²) < 4.78 is 16.5. The van der Waals surface area contributed by atoms with Crippen molar-refractivity contribution in [1.82, 2.24) is 9.88 Å². The predicted molar refractivity (Wildman–Crippen MR) is 133 cm³/mol. The summed E-state index contributed by atoms with van der Waals surface area (Å²) in [6.07, 6.45) is 0. The van der Waals surface area contributed by atoms with Crippen LogP contribution in [-0.4, -0.2) is 29.3 Å². The normalized spacial score (nSPS) is 11.9. The molecule has 0 saturated carbocycles. The van der Waals surface area contributed by atoms with E-state index in [1.54, 1.807) is 11.0 Å². The number of para-hydroxylation sites is 1. The van der Waals surface area contributed by atoms with Crippen molar-refractivity contribution in [2.24, 2.45) is 0 Å². The van der Waals surface area contributed by atoms with E-state index in [4.69, 9.17) is 14.2 Å². The number of hydrogen-bond donors (Lipinski definition) is 2. The van der Waals surface area contributed by atoms with E-state index in [0.717, 1.165) is 16.7 Å². The van der Waals surface area contributed by atoms with Gasteiger partial charge in [0.1, 0.15) is 5.75 Å². The third-order valence-corrected chi connectivity index (χ3v) is 5.69. The van der Waals surface area contributed by atoms with Gasteiger partial charge in [-0.25, -0.2) is 4.79 Å². The molecular weight excluding hydrogens is 446 g/mol.